The first-order valence-corrected chi connectivity index (χ1v) is 13.4. The average Bonchev–Trinajstić information content (AvgIpc) is 3.39. The lowest BCUT2D eigenvalue weighted by Crippen LogP contribution is -2.44. The quantitative estimate of drug-likeness (QED) is 0.351. The molecule has 4 N–H and O–H groups in total. The Balaban J connectivity index is 1.26. The maximum absolute atomic E-state index is 13.0. The van der Waals surface area contributed by atoms with Crippen molar-refractivity contribution < 1.29 is 29.4 Å². The van der Waals surface area contributed by atoms with Crippen LogP contribution in [0.4, 0.5) is 9.93 Å². The predicted octanol–water partition coefficient (Wildman–Crippen LogP) is 4.13. The van der Waals surface area contributed by atoms with Gasteiger partial charge in [-0.05, 0) is 42.7 Å². The minimum atomic E-state index is -1.28. The van der Waals surface area contributed by atoms with Crippen LogP contribution in [0, 0.1) is 0 Å². The van der Waals surface area contributed by atoms with Gasteiger partial charge in [0.15, 0.2) is 5.13 Å². The number of aromatic nitrogens is 1. The monoisotopic (exact) mass is 538 g/mol. The van der Waals surface area contributed by atoms with Crippen LogP contribution in [0.2, 0.25) is 0 Å². The summed E-state index contributed by atoms with van der Waals surface area (Å²) in [5.74, 6) is -1.52. The largest absolute Gasteiger partial charge is 0.478 e. The molecule has 37 heavy (non-hydrogen) atoms. The van der Waals surface area contributed by atoms with E-state index in [1.807, 2.05) is 0 Å². The molecule has 12 heteroatoms. The fraction of sp³-hybridized carbons (Fsp3) is 0.240. The maximum atomic E-state index is 13.0. The van der Waals surface area contributed by atoms with Gasteiger partial charge in [0.25, 0.3) is 5.91 Å². The molecule has 0 bridgehead atoms. The number of aromatic carboxylic acids is 1. The molecule has 1 saturated heterocycles. The zero-order valence-corrected chi connectivity index (χ0v) is 20.9. The molecule has 5 rings (SSSR count). The number of carbonyl (C=O) groups is 4. The fourth-order valence-corrected chi connectivity index (χ4v) is 6.10. The third-order valence-electron chi connectivity index (χ3n) is 6.03. The Bertz CT molecular complexity index is 1370. The third-order valence-corrected chi connectivity index (χ3v) is 8.11. The van der Waals surface area contributed by atoms with Crippen molar-refractivity contribution in [2.45, 2.75) is 30.3 Å². The van der Waals surface area contributed by atoms with E-state index in [4.69, 9.17) is 0 Å². The smallest absolute Gasteiger partial charge is 0.409 e. The topological polar surface area (TPSA) is 149 Å². The molecule has 2 heterocycles. The van der Waals surface area contributed by atoms with Gasteiger partial charge in [0.1, 0.15) is 11.4 Å². The van der Waals surface area contributed by atoms with Crippen LogP contribution in [0.15, 0.2) is 53.9 Å². The van der Waals surface area contributed by atoms with Crippen molar-refractivity contribution in [2.75, 3.05) is 11.1 Å². The molecule has 2 unspecified atom stereocenters. The number of nitrogens with zero attached hydrogens (tertiary/aromatic N) is 2. The molecule has 3 amide bonds. The van der Waals surface area contributed by atoms with Crippen LogP contribution in [0.25, 0.3) is 11.3 Å². The number of anilines is 1. The van der Waals surface area contributed by atoms with E-state index in [1.165, 1.54) is 35.2 Å². The Labute approximate surface area is 219 Å². The molecular formula is C25H22N4O6S2. The van der Waals surface area contributed by atoms with Crippen molar-refractivity contribution in [3.8, 4) is 11.3 Å². The van der Waals surface area contributed by atoms with Gasteiger partial charge in [-0.1, -0.05) is 24.3 Å². The Morgan fingerprint density at radius 3 is 2.43 bits per heavy atom. The van der Waals surface area contributed by atoms with E-state index >= 15 is 0 Å². The summed E-state index contributed by atoms with van der Waals surface area (Å²) in [6, 6.07) is 12.4. The van der Waals surface area contributed by atoms with Gasteiger partial charge in [0.05, 0.1) is 11.3 Å². The van der Waals surface area contributed by atoms with Gasteiger partial charge in [-0.25, -0.2) is 14.6 Å². The Kier molecular flexibility index (Phi) is 6.85. The lowest BCUT2D eigenvalue weighted by Gasteiger charge is -2.26. The summed E-state index contributed by atoms with van der Waals surface area (Å²) >= 11 is 2.46. The molecule has 3 aromatic rings. The molecular weight excluding hydrogens is 516 g/mol. The molecule has 10 nitrogen and oxygen atoms in total. The lowest BCUT2D eigenvalue weighted by atomic mass is 10.1. The Hall–Kier alpha value is -3.90. The van der Waals surface area contributed by atoms with E-state index in [1.54, 1.807) is 41.8 Å². The van der Waals surface area contributed by atoms with Gasteiger partial charge < -0.3 is 20.8 Å². The second kappa shape index (κ2) is 10.2. The number of thiazole rings is 1. The fourth-order valence-electron chi connectivity index (χ4n) is 3.97. The van der Waals surface area contributed by atoms with Crippen LogP contribution in [-0.4, -0.2) is 61.8 Å². The molecule has 0 spiro atoms. The molecule has 2 aliphatic rings. The molecule has 1 aliphatic carbocycles. The van der Waals surface area contributed by atoms with Crippen molar-refractivity contribution in [2.24, 2.45) is 0 Å². The number of hydrogen-bond donors (Lipinski definition) is 4. The summed E-state index contributed by atoms with van der Waals surface area (Å²) in [4.78, 5) is 54.1. The van der Waals surface area contributed by atoms with Gasteiger partial charge in [-0.15, -0.1) is 23.1 Å². The summed E-state index contributed by atoms with van der Waals surface area (Å²) in [5, 5.41) is 26.1. The number of nitrogens with one attached hydrogen (secondary N) is 2. The van der Waals surface area contributed by atoms with E-state index in [0.29, 0.717) is 22.0 Å². The summed E-state index contributed by atoms with van der Waals surface area (Å²) in [5.41, 5.74) is 2.50. The molecule has 0 radical (unpaired) electrons. The van der Waals surface area contributed by atoms with Gasteiger partial charge in [0.2, 0.25) is 5.91 Å². The van der Waals surface area contributed by atoms with Crippen molar-refractivity contribution >= 4 is 52.1 Å². The highest BCUT2D eigenvalue weighted by Crippen LogP contribution is 2.42. The first-order valence-electron chi connectivity index (χ1n) is 11.4. The number of hydrogen-bond acceptors (Lipinski definition) is 7. The van der Waals surface area contributed by atoms with Crippen LogP contribution in [0.3, 0.4) is 0 Å². The van der Waals surface area contributed by atoms with Crippen molar-refractivity contribution in [3.05, 3.63) is 70.6 Å². The van der Waals surface area contributed by atoms with E-state index in [2.05, 4.69) is 15.6 Å². The van der Waals surface area contributed by atoms with E-state index in [9.17, 15) is 29.4 Å². The number of carboxylic acid groups (broad SMARTS) is 2. The summed E-state index contributed by atoms with van der Waals surface area (Å²) in [6.07, 6.45) is 0.750. The van der Waals surface area contributed by atoms with Gasteiger partial charge >= 0.3 is 12.1 Å². The first-order chi connectivity index (χ1) is 17.8. The number of rotatable bonds is 7. The Morgan fingerprint density at radius 1 is 1.00 bits per heavy atom. The highest BCUT2D eigenvalue weighted by Gasteiger charge is 2.43. The normalized spacial score (nSPS) is 18.9. The molecule has 1 aromatic heterocycles. The summed E-state index contributed by atoms with van der Waals surface area (Å²) in [7, 11) is 0. The zero-order chi connectivity index (χ0) is 26.1. The van der Waals surface area contributed by atoms with Gasteiger partial charge in [-0.3, -0.25) is 14.5 Å². The average molecular weight is 539 g/mol. The summed E-state index contributed by atoms with van der Waals surface area (Å²) < 4.78 is 0. The lowest BCUT2D eigenvalue weighted by molar-refractivity contribution is -0.120. The number of amides is 3. The predicted molar refractivity (Wildman–Crippen MR) is 139 cm³/mol. The molecule has 1 aliphatic heterocycles. The number of carbonyl (C=O) groups excluding carboxylic acids is 2. The van der Waals surface area contributed by atoms with E-state index in [-0.39, 0.29) is 23.3 Å². The van der Waals surface area contributed by atoms with Crippen molar-refractivity contribution in [1.82, 2.24) is 15.2 Å². The highest BCUT2D eigenvalue weighted by molar-refractivity contribution is 7.99. The molecule has 190 valence electrons. The molecule has 2 atom stereocenters. The van der Waals surface area contributed by atoms with Crippen LogP contribution in [0.1, 0.15) is 44.5 Å². The van der Waals surface area contributed by atoms with Crippen LogP contribution >= 0.6 is 23.1 Å². The standard InChI is InChI=1S/C25H22N4O6S2/c30-20(26-17-8-9-17)14-6-4-13(5-7-14)18-11-37-24(27-18)28-21(31)19-12-36-22(29(19)25(34)35)15-2-1-3-16(10-15)23(32)33/h1-7,10-11,17,19,22H,8-9,12H2,(H,26,30)(H,32,33)(H,34,35)(H,27,28,31). The summed E-state index contributed by atoms with van der Waals surface area (Å²) in [6.45, 7) is 0. The Morgan fingerprint density at radius 2 is 1.76 bits per heavy atom. The van der Waals surface area contributed by atoms with E-state index in [0.717, 1.165) is 23.3 Å². The highest BCUT2D eigenvalue weighted by atomic mass is 32.2. The van der Waals surface area contributed by atoms with Crippen LogP contribution < -0.4 is 10.6 Å². The van der Waals surface area contributed by atoms with Gasteiger partial charge in [0, 0.05) is 28.3 Å². The molecule has 1 saturated carbocycles. The number of benzene rings is 2. The third kappa shape index (κ3) is 5.44. The zero-order valence-electron chi connectivity index (χ0n) is 19.3. The minimum Gasteiger partial charge on any atom is -0.478 e. The second-order valence-electron chi connectivity index (χ2n) is 8.67. The van der Waals surface area contributed by atoms with Crippen molar-refractivity contribution in [3.63, 3.8) is 0 Å². The molecule has 2 fully saturated rings. The van der Waals surface area contributed by atoms with Crippen LogP contribution in [0.5, 0.6) is 0 Å². The van der Waals surface area contributed by atoms with Crippen LogP contribution in [-0.2, 0) is 4.79 Å². The number of thioether (sulfide) groups is 1. The minimum absolute atomic E-state index is 0.0447. The first kappa shape index (κ1) is 24.8. The molecule has 2 aromatic carbocycles. The maximum Gasteiger partial charge on any atom is 0.409 e. The van der Waals surface area contributed by atoms with Crippen molar-refractivity contribution in [1.29, 1.82) is 0 Å². The van der Waals surface area contributed by atoms with E-state index < -0.39 is 29.4 Å². The SMILES string of the molecule is O=C(O)c1cccc(C2SCC(C(=O)Nc3nc(-c4ccc(C(=O)NC5CC5)cc4)cs3)N2C(=O)O)c1. The van der Waals surface area contributed by atoms with Gasteiger partial charge in [-0.2, -0.15) is 0 Å². The number of carboxylic acids is 1. The second-order valence-corrected chi connectivity index (χ2v) is 10.6.